The third-order valence-corrected chi connectivity index (χ3v) is 9.38. The summed E-state index contributed by atoms with van der Waals surface area (Å²) in [6.07, 6.45) is 0. The molecule has 0 fully saturated rings. The van der Waals surface area contributed by atoms with E-state index < -0.39 is 49.3 Å². The Bertz CT molecular complexity index is 2770. The lowest BCUT2D eigenvalue weighted by molar-refractivity contribution is 0.0697. The first-order valence-corrected chi connectivity index (χ1v) is 18.7. The molecule has 0 bridgehead atoms. The standard InChI is InChI=1S/C34H28N8O10S2/c1-19-16-26(40-41-31-20(2)30(34(44)45)32-35-23-10-6-7-11-27(23)42(32)33(31)43)28(52-14-15-53(46,47)48)18-25(19)39-38-24-13-12-22(17-29(24)54(49,50)51)37-36-21-8-4-3-5-9-21/h3-13,16-18,43H,14-15H2,1-2H3,(H,44,45)(H,46,47,48)(H,49,50,51). The number of imidazole rings is 1. The molecule has 4 N–H and O–H groups in total. The van der Waals surface area contributed by atoms with Crippen LogP contribution in [0.5, 0.6) is 11.6 Å². The van der Waals surface area contributed by atoms with Crippen LogP contribution in [0.3, 0.4) is 0 Å². The van der Waals surface area contributed by atoms with Crippen LogP contribution in [0.25, 0.3) is 16.7 Å². The van der Waals surface area contributed by atoms with Gasteiger partial charge in [-0.1, -0.05) is 30.3 Å². The number of fused-ring (bicyclic) bond motifs is 3. The highest BCUT2D eigenvalue weighted by atomic mass is 32.2. The number of nitrogens with zero attached hydrogens (tertiary/aromatic N) is 8. The summed E-state index contributed by atoms with van der Waals surface area (Å²) in [5.74, 6) is -2.71. The third kappa shape index (κ3) is 8.10. The van der Waals surface area contributed by atoms with E-state index in [4.69, 9.17) is 4.74 Å². The summed E-state index contributed by atoms with van der Waals surface area (Å²) in [7, 11) is -9.26. The average molecular weight is 773 g/mol. The van der Waals surface area contributed by atoms with E-state index in [9.17, 15) is 40.9 Å². The highest BCUT2D eigenvalue weighted by Crippen LogP contribution is 2.41. The van der Waals surface area contributed by atoms with Gasteiger partial charge in [0.15, 0.2) is 5.65 Å². The van der Waals surface area contributed by atoms with Crippen LogP contribution in [0, 0.1) is 13.8 Å². The minimum atomic E-state index is -4.82. The molecule has 0 aliphatic heterocycles. The van der Waals surface area contributed by atoms with Gasteiger partial charge in [-0.15, -0.1) is 15.3 Å². The number of hydrogen-bond acceptors (Lipinski definition) is 14. The Hall–Kier alpha value is -6.48. The van der Waals surface area contributed by atoms with Gasteiger partial charge in [0.2, 0.25) is 5.88 Å². The molecule has 0 saturated carbocycles. The number of carbonyl (C=O) groups is 1. The fraction of sp³-hybridized carbons (Fsp3) is 0.118. The molecule has 276 valence electrons. The Morgan fingerprint density at radius 2 is 1.44 bits per heavy atom. The lowest BCUT2D eigenvalue weighted by atomic mass is 10.1. The number of rotatable bonds is 12. The molecular weight excluding hydrogens is 745 g/mol. The number of ether oxygens (including phenoxy) is 1. The molecule has 0 aliphatic carbocycles. The summed E-state index contributed by atoms with van der Waals surface area (Å²) in [5, 5.41) is 45.9. The topological polar surface area (TPSA) is 267 Å². The second kappa shape index (κ2) is 14.9. The van der Waals surface area contributed by atoms with E-state index in [1.54, 1.807) is 61.5 Å². The smallest absolute Gasteiger partial charge is 0.339 e. The molecule has 0 atom stereocenters. The Morgan fingerprint density at radius 3 is 2.15 bits per heavy atom. The zero-order chi connectivity index (χ0) is 38.8. The van der Waals surface area contributed by atoms with E-state index in [1.807, 2.05) is 0 Å². The first-order valence-electron chi connectivity index (χ1n) is 15.6. The molecule has 0 radical (unpaired) electrons. The van der Waals surface area contributed by atoms with Crippen molar-refractivity contribution in [1.82, 2.24) is 9.38 Å². The normalized spacial score (nSPS) is 12.5. The van der Waals surface area contributed by atoms with Gasteiger partial charge in [-0.05, 0) is 67.9 Å². The quantitative estimate of drug-likeness (QED) is 0.0679. The second-order valence-electron chi connectivity index (χ2n) is 11.5. The molecule has 0 aliphatic rings. The lowest BCUT2D eigenvalue weighted by Crippen LogP contribution is -2.12. The summed E-state index contributed by atoms with van der Waals surface area (Å²) >= 11 is 0. The Kier molecular flexibility index (Phi) is 10.3. The Labute approximate surface area is 306 Å². The summed E-state index contributed by atoms with van der Waals surface area (Å²) in [4.78, 5) is 16.1. The van der Waals surface area contributed by atoms with Crippen molar-refractivity contribution in [2.24, 2.45) is 30.7 Å². The average Bonchev–Trinajstić information content (AvgIpc) is 3.49. The Balaban J connectivity index is 1.40. The largest absolute Gasteiger partial charge is 0.493 e. The number of benzene rings is 4. The number of hydrogen-bond donors (Lipinski definition) is 4. The van der Waals surface area contributed by atoms with E-state index in [1.165, 1.54) is 35.6 Å². The lowest BCUT2D eigenvalue weighted by Gasteiger charge is -2.12. The number of aromatic nitrogens is 2. The van der Waals surface area contributed by atoms with Crippen molar-refractivity contribution in [3.8, 4) is 11.6 Å². The molecule has 6 aromatic rings. The monoisotopic (exact) mass is 772 g/mol. The fourth-order valence-corrected chi connectivity index (χ4v) is 6.18. The number of aryl methyl sites for hydroxylation is 1. The van der Waals surface area contributed by atoms with Crippen LogP contribution in [0.1, 0.15) is 21.5 Å². The maximum Gasteiger partial charge on any atom is 0.339 e. The third-order valence-electron chi connectivity index (χ3n) is 7.81. The van der Waals surface area contributed by atoms with Gasteiger partial charge in [-0.3, -0.25) is 13.5 Å². The minimum Gasteiger partial charge on any atom is -0.493 e. The van der Waals surface area contributed by atoms with Crippen LogP contribution in [-0.4, -0.2) is 63.9 Å². The predicted molar refractivity (Wildman–Crippen MR) is 194 cm³/mol. The molecule has 0 spiro atoms. The maximum absolute atomic E-state index is 12.4. The molecular formula is C34H28N8O10S2. The zero-order valence-electron chi connectivity index (χ0n) is 28.1. The van der Waals surface area contributed by atoms with Gasteiger partial charge >= 0.3 is 5.97 Å². The zero-order valence-corrected chi connectivity index (χ0v) is 29.8. The molecule has 20 heteroatoms. The van der Waals surface area contributed by atoms with Crippen LogP contribution in [-0.2, 0) is 20.2 Å². The molecule has 6 rings (SSSR count). The highest BCUT2D eigenvalue weighted by Gasteiger charge is 2.25. The van der Waals surface area contributed by atoms with Gasteiger partial charge in [0, 0.05) is 11.6 Å². The number of aromatic carboxylic acids is 1. The minimum absolute atomic E-state index is 0.0131. The molecule has 4 aromatic carbocycles. The van der Waals surface area contributed by atoms with Gasteiger partial charge in [0.1, 0.15) is 45.6 Å². The van der Waals surface area contributed by atoms with Gasteiger partial charge < -0.3 is 14.9 Å². The summed E-state index contributed by atoms with van der Waals surface area (Å²) in [6.45, 7) is 2.46. The van der Waals surface area contributed by atoms with E-state index in [2.05, 4.69) is 35.7 Å². The Morgan fingerprint density at radius 1 is 0.778 bits per heavy atom. The predicted octanol–water partition coefficient (Wildman–Crippen LogP) is 8.27. The van der Waals surface area contributed by atoms with Gasteiger partial charge in [0.25, 0.3) is 20.2 Å². The number of pyridine rings is 1. The van der Waals surface area contributed by atoms with Gasteiger partial charge in [-0.25, -0.2) is 9.78 Å². The first kappa shape index (κ1) is 37.3. The molecule has 54 heavy (non-hydrogen) atoms. The molecule has 0 saturated heterocycles. The molecule has 0 unspecified atom stereocenters. The van der Waals surface area contributed by atoms with E-state index in [0.29, 0.717) is 22.3 Å². The second-order valence-corrected chi connectivity index (χ2v) is 14.5. The first-order chi connectivity index (χ1) is 25.6. The summed E-state index contributed by atoms with van der Waals surface area (Å²) < 4.78 is 73.5. The number of aromatic hydroxyl groups is 1. The SMILES string of the molecule is Cc1cc(N=Nc2c(C)c(C(=O)O)c3nc4ccccc4n3c2O)c(OCCS(=O)(=O)O)cc1N=Nc1ccc(N=Nc2ccccc2)cc1S(=O)(=O)O. The van der Waals surface area contributed by atoms with Crippen molar-refractivity contribution in [2.75, 3.05) is 12.4 Å². The van der Waals surface area contributed by atoms with Crippen LogP contribution >= 0.6 is 0 Å². The van der Waals surface area contributed by atoms with Crippen molar-refractivity contribution >= 4 is 77.0 Å². The van der Waals surface area contributed by atoms with Crippen LogP contribution in [0.4, 0.5) is 34.1 Å². The molecule has 18 nitrogen and oxygen atoms in total. The van der Waals surface area contributed by atoms with Crippen molar-refractivity contribution < 1.29 is 45.7 Å². The summed E-state index contributed by atoms with van der Waals surface area (Å²) in [6, 6.07) is 21.8. The van der Waals surface area contributed by atoms with Gasteiger partial charge in [0.05, 0.1) is 28.1 Å². The highest BCUT2D eigenvalue weighted by molar-refractivity contribution is 7.86. The number of para-hydroxylation sites is 2. The van der Waals surface area contributed by atoms with Crippen molar-refractivity contribution in [1.29, 1.82) is 0 Å². The molecule has 2 heterocycles. The fourth-order valence-electron chi connectivity index (χ4n) is 5.24. The number of carboxylic acids is 1. The number of carboxylic acid groups (broad SMARTS) is 1. The summed E-state index contributed by atoms with van der Waals surface area (Å²) in [5.41, 5.74) is 1.21. The van der Waals surface area contributed by atoms with Crippen molar-refractivity contribution in [3.05, 3.63) is 102 Å². The van der Waals surface area contributed by atoms with Gasteiger partial charge in [-0.2, -0.15) is 32.2 Å². The molecule has 0 amide bonds. The van der Waals surface area contributed by atoms with E-state index in [-0.39, 0.29) is 51.0 Å². The van der Waals surface area contributed by atoms with Crippen LogP contribution in [0.2, 0.25) is 0 Å². The van der Waals surface area contributed by atoms with E-state index >= 15 is 0 Å². The van der Waals surface area contributed by atoms with Crippen molar-refractivity contribution in [3.63, 3.8) is 0 Å². The van der Waals surface area contributed by atoms with Crippen LogP contribution in [0.15, 0.2) is 121 Å². The molecule has 2 aromatic heterocycles. The number of azo groups is 3. The van der Waals surface area contributed by atoms with Crippen molar-refractivity contribution in [2.45, 2.75) is 18.7 Å². The van der Waals surface area contributed by atoms with Crippen LogP contribution < -0.4 is 4.74 Å². The van der Waals surface area contributed by atoms with E-state index in [0.717, 1.165) is 6.07 Å². The maximum atomic E-state index is 12.4.